The van der Waals surface area contributed by atoms with Crippen LogP contribution >= 0.6 is 24.8 Å². The lowest BCUT2D eigenvalue weighted by molar-refractivity contribution is 1.02. The van der Waals surface area contributed by atoms with Crippen molar-refractivity contribution in [2.45, 2.75) is 13.0 Å². The molecule has 0 spiro atoms. The molecule has 0 aliphatic carbocycles. The van der Waals surface area contributed by atoms with Crippen LogP contribution in [0.2, 0.25) is 0 Å². The fourth-order valence-corrected chi connectivity index (χ4v) is 2.92. The molecule has 4 heteroatoms. The lowest BCUT2D eigenvalue weighted by Crippen LogP contribution is -2.24. The van der Waals surface area contributed by atoms with Gasteiger partial charge in [0.1, 0.15) is 4.32 Å². The topological polar surface area (TPSA) is 16.1 Å². The van der Waals surface area contributed by atoms with Crippen LogP contribution in [-0.2, 0) is 13.0 Å². The average Bonchev–Trinajstić information content (AvgIpc) is 2.62. The van der Waals surface area contributed by atoms with Crippen LogP contribution in [0.4, 0.5) is 5.69 Å². The fraction of sp³-hybridized carbons (Fsp3) is 0.100. The van der Waals surface area contributed by atoms with Gasteiger partial charge in [-0.2, -0.15) is 0 Å². The summed E-state index contributed by atoms with van der Waals surface area (Å²) in [6.07, 6.45) is 4.54. The first-order chi connectivity index (χ1) is 11.7. The number of nitrogens with zero attached hydrogens (tertiary/aromatic N) is 2. The maximum atomic E-state index is 5.32. The van der Waals surface area contributed by atoms with Crippen molar-refractivity contribution in [1.82, 2.24) is 4.98 Å². The largest absolute Gasteiger partial charge is 0.323 e. The van der Waals surface area contributed by atoms with Gasteiger partial charge in [0.15, 0.2) is 0 Å². The van der Waals surface area contributed by atoms with Crippen LogP contribution in [0.25, 0.3) is 0 Å². The normalized spacial score (nSPS) is 10.4. The molecule has 0 aliphatic rings. The molecule has 0 unspecified atom stereocenters. The van der Waals surface area contributed by atoms with E-state index in [0.29, 0.717) is 10.9 Å². The molecule has 1 aromatic heterocycles. The third kappa shape index (κ3) is 4.43. The minimum absolute atomic E-state index is 0.570. The van der Waals surface area contributed by atoms with E-state index in [2.05, 4.69) is 54.0 Å². The summed E-state index contributed by atoms with van der Waals surface area (Å²) < 4.78 is 0.570. The molecule has 0 aliphatic heterocycles. The van der Waals surface area contributed by atoms with Gasteiger partial charge in [-0.3, -0.25) is 4.98 Å². The number of pyridine rings is 1. The number of hydrogen-bond donors (Lipinski definition) is 1. The van der Waals surface area contributed by atoms with E-state index in [0.717, 1.165) is 12.1 Å². The zero-order valence-corrected chi connectivity index (χ0v) is 14.9. The van der Waals surface area contributed by atoms with E-state index in [9.17, 15) is 0 Å². The van der Waals surface area contributed by atoms with Crippen molar-refractivity contribution in [3.63, 3.8) is 0 Å². The monoisotopic (exact) mass is 350 g/mol. The highest BCUT2D eigenvalue weighted by Crippen LogP contribution is 2.21. The van der Waals surface area contributed by atoms with Crippen molar-refractivity contribution in [3.8, 4) is 0 Å². The lowest BCUT2D eigenvalue weighted by Gasteiger charge is -2.23. The number of hydrogen-bond acceptors (Lipinski definition) is 2. The van der Waals surface area contributed by atoms with Gasteiger partial charge in [-0.25, -0.2) is 0 Å². The molecule has 3 rings (SSSR count). The van der Waals surface area contributed by atoms with E-state index in [1.165, 1.54) is 16.7 Å². The molecule has 0 radical (unpaired) electrons. The smallest absolute Gasteiger partial charge is 0.138 e. The molecule has 0 N–H and O–H groups in total. The van der Waals surface area contributed by atoms with Crippen molar-refractivity contribution in [1.29, 1.82) is 0 Å². The predicted octanol–water partition coefficient (Wildman–Crippen LogP) is 4.89. The molecule has 2 nitrogen and oxygen atoms in total. The second-order valence-corrected chi connectivity index (χ2v) is 6.67. The Kier molecular flexibility index (Phi) is 5.62. The van der Waals surface area contributed by atoms with E-state index in [-0.39, 0.29) is 0 Å². The Morgan fingerprint density at radius 2 is 1.46 bits per heavy atom. The lowest BCUT2D eigenvalue weighted by atomic mass is 10.1. The van der Waals surface area contributed by atoms with Gasteiger partial charge in [-0.05, 0) is 47.4 Å². The molecule has 0 saturated heterocycles. The standard InChI is InChI=1S/C20H18N2S2/c23-20(24)22(15-18-4-2-1-3-5-18)19-8-6-16(7-9-19)14-17-10-12-21-13-11-17/h1-13H,14-15H2,(H,23,24). The molecule has 0 amide bonds. The van der Waals surface area contributed by atoms with E-state index < -0.39 is 0 Å². The number of benzene rings is 2. The molecule has 3 aromatic rings. The van der Waals surface area contributed by atoms with Crippen LogP contribution in [0.1, 0.15) is 16.7 Å². The summed E-state index contributed by atoms with van der Waals surface area (Å²) in [7, 11) is 0. The quantitative estimate of drug-likeness (QED) is 0.521. The Bertz CT molecular complexity index is 787. The van der Waals surface area contributed by atoms with Crippen LogP contribution in [0.5, 0.6) is 0 Å². The highest BCUT2D eigenvalue weighted by molar-refractivity contribution is 8.11. The summed E-state index contributed by atoms with van der Waals surface area (Å²) in [5, 5.41) is 0. The highest BCUT2D eigenvalue weighted by Gasteiger charge is 2.10. The minimum Gasteiger partial charge on any atom is -0.323 e. The van der Waals surface area contributed by atoms with Crippen molar-refractivity contribution >= 4 is 34.9 Å². The minimum atomic E-state index is 0.570. The first kappa shape index (κ1) is 16.7. The number of thiocarbonyl (C=S) groups is 1. The second kappa shape index (κ2) is 8.08. The average molecular weight is 351 g/mol. The summed E-state index contributed by atoms with van der Waals surface area (Å²) in [6, 6.07) is 22.8. The highest BCUT2D eigenvalue weighted by atomic mass is 32.1. The zero-order valence-electron chi connectivity index (χ0n) is 13.2. The first-order valence-corrected chi connectivity index (χ1v) is 8.60. The van der Waals surface area contributed by atoms with E-state index >= 15 is 0 Å². The van der Waals surface area contributed by atoms with Gasteiger partial charge >= 0.3 is 0 Å². The maximum absolute atomic E-state index is 5.32. The molecule has 24 heavy (non-hydrogen) atoms. The number of rotatable bonds is 5. The Labute approximate surface area is 153 Å². The molecule has 1 heterocycles. The van der Waals surface area contributed by atoms with E-state index in [1.807, 2.05) is 47.6 Å². The molecule has 0 fully saturated rings. The molecule has 0 saturated carbocycles. The van der Waals surface area contributed by atoms with Gasteiger partial charge < -0.3 is 4.90 Å². The van der Waals surface area contributed by atoms with Gasteiger partial charge in [0.2, 0.25) is 0 Å². The molecule has 0 bridgehead atoms. The molecular weight excluding hydrogens is 332 g/mol. The van der Waals surface area contributed by atoms with Gasteiger partial charge in [0, 0.05) is 24.6 Å². The van der Waals surface area contributed by atoms with Gasteiger partial charge in [-0.15, -0.1) is 12.6 Å². The van der Waals surface area contributed by atoms with Crippen molar-refractivity contribution in [2.24, 2.45) is 0 Å². The van der Waals surface area contributed by atoms with Gasteiger partial charge in [0.05, 0.1) is 0 Å². The maximum Gasteiger partial charge on any atom is 0.138 e. The zero-order chi connectivity index (χ0) is 16.8. The van der Waals surface area contributed by atoms with Crippen LogP contribution in [0.3, 0.4) is 0 Å². The second-order valence-electron chi connectivity index (χ2n) is 5.55. The predicted molar refractivity (Wildman–Crippen MR) is 108 cm³/mol. The summed E-state index contributed by atoms with van der Waals surface area (Å²) in [4.78, 5) is 6.09. The molecule has 0 atom stereocenters. The van der Waals surface area contributed by atoms with Gasteiger partial charge in [0.25, 0.3) is 0 Å². The third-order valence-corrected chi connectivity index (χ3v) is 4.28. The summed E-state index contributed by atoms with van der Waals surface area (Å²) >= 11 is 9.71. The van der Waals surface area contributed by atoms with Crippen LogP contribution in [0, 0.1) is 0 Å². The first-order valence-electron chi connectivity index (χ1n) is 7.74. The molecule has 120 valence electrons. The summed E-state index contributed by atoms with van der Waals surface area (Å²) in [5.74, 6) is 0. The fourth-order valence-electron chi connectivity index (χ4n) is 2.57. The Balaban J connectivity index is 1.75. The van der Waals surface area contributed by atoms with E-state index in [1.54, 1.807) is 0 Å². The van der Waals surface area contributed by atoms with E-state index in [4.69, 9.17) is 12.2 Å². The number of thiol groups is 1. The Morgan fingerprint density at radius 1 is 0.833 bits per heavy atom. The van der Waals surface area contributed by atoms with Crippen LogP contribution < -0.4 is 4.90 Å². The van der Waals surface area contributed by atoms with Crippen molar-refractivity contribution < 1.29 is 0 Å². The summed E-state index contributed by atoms with van der Waals surface area (Å²) in [5.41, 5.74) is 4.77. The number of aromatic nitrogens is 1. The van der Waals surface area contributed by atoms with Crippen molar-refractivity contribution in [2.75, 3.05) is 4.90 Å². The van der Waals surface area contributed by atoms with Crippen LogP contribution in [0.15, 0.2) is 79.1 Å². The third-order valence-electron chi connectivity index (χ3n) is 3.82. The Morgan fingerprint density at radius 3 is 2.08 bits per heavy atom. The summed E-state index contributed by atoms with van der Waals surface area (Å²) in [6.45, 7) is 0.715. The molecule has 2 aromatic carbocycles. The van der Waals surface area contributed by atoms with Gasteiger partial charge in [-0.1, -0.05) is 54.7 Å². The SMILES string of the molecule is S=C(S)N(Cc1ccccc1)c1ccc(Cc2ccncc2)cc1. The molecular formula is C20H18N2S2. The van der Waals surface area contributed by atoms with Crippen LogP contribution in [-0.4, -0.2) is 9.30 Å². The number of anilines is 1. The Hall–Kier alpha value is -2.17. The van der Waals surface area contributed by atoms with Crippen molar-refractivity contribution in [3.05, 3.63) is 95.8 Å².